The van der Waals surface area contributed by atoms with Crippen LogP contribution in [0.25, 0.3) is 0 Å². The second-order valence-electron chi connectivity index (χ2n) is 6.09. The van der Waals surface area contributed by atoms with Crippen LogP contribution in [0.5, 0.6) is 0 Å². The van der Waals surface area contributed by atoms with Gasteiger partial charge in [-0.25, -0.2) is 0 Å². The van der Waals surface area contributed by atoms with E-state index in [1.54, 1.807) is 6.07 Å². The van der Waals surface area contributed by atoms with Gasteiger partial charge in [0.15, 0.2) is 0 Å². The highest BCUT2D eigenvalue weighted by molar-refractivity contribution is 5.95. The van der Waals surface area contributed by atoms with Gasteiger partial charge in [0.25, 0.3) is 5.91 Å². The number of aryl methyl sites for hydroxylation is 1. The molecule has 2 N–H and O–H groups in total. The minimum Gasteiger partial charge on any atom is -0.399 e. The first-order valence-corrected chi connectivity index (χ1v) is 6.67. The van der Waals surface area contributed by atoms with Gasteiger partial charge >= 0.3 is 0 Å². The molecular formula is C15H23N3O. The van der Waals surface area contributed by atoms with Gasteiger partial charge in [-0.1, -0.05) is 0 Å². The second kappa shape index (κ2) is 4.85. The third kappa shape index (κ3) is 2.89. The van der Waals surface area contributed by atoms with Crippen LogP contribution in [0.4, 0.5) is 5.69 Å². The molecule has 0 atom stereocenters. The Labute approximate surface area is 115 Å². The summed E-state index contributed by atoms with van der Waals surface area (Å²) in [6.45, 7) is 8.71. The molecule has 19 heavy (non-hydrogen) atoms. The largest absolute Gasteiger partial charge is 0.399 e. The monoisotopic (exact) mass is 261 g/mol. The molecule has 1 aromatic carbocycles. The summed E-state index contributed by atoms with van der Waals surface area (Å²) in [6, 6.07) is 5.55. The van der Waals surface area contributed by atoms with Crippen LogP contribution in [0.1, 0.15) is 29.8 Å². The van der Waals surface area contributed by atoms with Gasteiger partial charge in [-0.15, -0.1) is 0 Å². The van der Waals surface area contributed by atoms with Gasteiger partial charge in [-0.3, -0.25) is 9.69 Å². The van der Waals surface area contributed by atoms with Crippen molar-refractivity contribution >= 4 is 11.6 Å². The third-order valence-electron chi connectivity index (χ3n) is 3.95. The predicted octanol–water partition coefficient (Wildman–Crippen LogP) is 1.74. The van der Waals surface area contributed by atoms with Crippen LogP contribution in [-0.4, -0.2) is 47.9 Å². The Morgan fingerprint density at radius 2 is 1.95 bits per heavy atom. The molecule has 0 saturated carbocycles. The molecule has 1 fully saturated rings. The molecule has 4 nitrogen and oxygen atoms in total. The van der Waals surface area contributed by atoms with E-state index in [4.69, 9.17) is 5.73 Å². The van der Waals surface area contributed by atoms with Crippen LogP contribution in [0.15, 0.2) is 18.2 Å². The number of nitrogens with two attached hydrogens (primary N) is 1. The van der Waals surface area contributed by atoms with Gasteiger partial charge in [0, 0.05) is 36.4 Å². The highest BCUT2D eigenvalue weighted by Crippen LogP contribution is 2.21. The van der Waals surface area contributed by atoms with E-state index in [2.05, 4.69) is 25.8 Å². The normalized spacial score (nSPS) is 19.5. The van der Waals surface area contributed by atoms with Gasteiger partial charge in [-0.05, 0) is 51.6 Å². The molecule has 1 aliphatic heterocycles. The van der Waals surface area contributed by atoms with Crippen molar-refractivity contribution in [2.24, 2.45) is 0 Å². The molecular weight excluding hydrogens is 238 g/mol. The fourth-order valence-corrected chi connectivity index (χ4v) is 2.53. The molecule has 1 heterocycles. The van der Waals surface area contributed by atoms with Gasteiger partial charge in [-0.2, -0.15) is 0 Å². The Balaban J connectivity index is 2.20. The summed E-state index contributed by atoms with van der Waals surface area (Å²) >= 11 is 0. The van der Waals surface area contributed by atoms with E-state index in [9.17, 15) is 4.79 Å². The van der Waals surface area contributed by atoms with E-state index in [0.29, 0.717) is 11.3 Å². The third-order valence-corrected chi connectivity index (χ3v) is 3.95. The number of carbonyl (C=O) groups excluding carboxylic acids is 1. The van der Waals surface area contributed by atoms with E-state index >= 15 is 0 Å². The van der Waals surface area contributed by atoms with E-state index in [1.165, 1.54) is 0 Å². The number of carbonyl (C=O) groups is 1. The molecule has 4 heteroatoms. The Morgan fingerprint density at radius 1 is 1.26 bits per heavy atom. The standard InChI is InChI=1S/C15H23N3O/c1-11-7-12(9-13(16)8-11)14(19)18-6-5-17(4)15(2,3)10-18/h7-9H,5-6,10,16H2,1-4H3. The number of amides is 1. The zero-order chi connectivity index (χ0) is 14.2. The maximum Gasteiger partial charge on any atom is 0.254 e. The SMILES string of the molecule is Cc1cc(N)cc(C(=O)N2CCN(C)C(C)(C)C2)c1. The number of hydrogen-bond acceptors (Lipinski definition) is 3. The van der Waals surface area contributed by atoms with Crippen LogP contribution in [0.2, 0.25) is 0 Å². The zero-order valence-corrected chi connectivity index (χ0v) is 12.2. The van der Waals surface area contributed by atoms with Crippen molar-refractivity contribution in [2.45, 2.75) is 26.3 Å². The highest BCUT2D eigenvalue weighted by Gasteiger charge is 2.33. The van der Waals surface area contributed by atoms with Crippen LogP contribution >= 0.6 is 0 Å². The van der Waals surface area contributed by atoms with Crippen LogP contribution < -0.4 is 5.73 Å². The number of anilines is 1. The summed E-state index contributed by atoms with van der Waals surface area (Å²) in [5, 5.41) is 0. The molecule has 1 aliphatic rings. The van der Waals surface area contributed by atoms with Crippen molar-refractivity contribution in [3.63, 3.8) is 0 Å². The van der Waals surface area contributed by atoms with E-state index in [-0.39, 0.29) is 11.4 Å². The topological polar surface area (TPSA) is 49.6 Å². The Morgan fingerprint density at radius 3 is 2.53 bits per heavy atom. The fraction of sp³-hybridized carbons (Fsp3) is 0.533. The van der Waals surface area contributed by atoms with E-state index in [0.717, 1.165) is 25.2 Å². The minimum atomic E-state index is 0.0171. The lowest BCUT2D eigenvalue weighted by molar-refractivity contribution is 0.0311. The van der Waals surface area contributed by atoms with Crippen molar-refractivity contribution in [3.8, 4) is 0 Å². The molecule has 104 valence electrons. The molecule has 1 saturated heterocycles. The number of piperazine rings is 1. The maximum absolute atomic E-state index is 12.6. The summed E-state index contributed by atoms with van der Waals surface area (Å²) in [7, 11) is 2.10. The van der Waals surface area contributed by atoms with Crippen LogP contribution in [-0.2, 0) is 0 Å². The predicted molar refractivity (Wildman–Crippen MR) is 78.2 cm³/mol. The highest BCUT2D eigenvalue weighted by atomic mass is 16.2. The Bertz CT molecular complexity index is 476. The number of hydrogen-bond donors (Lipinski definition) is 1. The summed E-state index contributed by atoms with van der Waals surface area (Å²) in [6.07, 6.45) is 0. The molecule has 0 aliphatic carbocycles. The number of rotatable bonds is 1. The number of nitrogen functional groups attached to an aromatic ring is 1. The average molecular weight is 261 g/mol. The smallest absolute Gasteiger partial charge is 0.254 e. The first-order valence-electron chi connectivity index (χ1n) is 6.67. The van der Waals surface area contributed by atoms with Gasteiger partial charge in [0.1, 0.15) is 0 Å². The van der Waals surface area contributed by atoms with Crippen molar-refractivity contribution in [1.29, 1.82) is 0 Å². The van der Waals surface area contributed by atoms with Crippen molar-refractivity contribution in [2.75, 3.05) is 32.4 Å². The van der Waals surface area contributed by atoms with Crippen molar-refractivity contribution in [1.82, 2.24) is 9.80 Å². The molecule has 1 amide bonds. The van der Waals surface area contributed by atoms with E-state index < -0.39 is 0 Å². The number of benzene rings is 1. The molecule has 2 rings (SSSR count). The fourth-order valence-electron chi connectivity index (χ4n) is 2.53. The molecule has 0 radical (unpaired) electrons. The van der Waals surface area contributed by atoms with Gasteiger partial charge < -0.3 is 10.6 Å². The molecule has 0 bridgehead atoms. The Hall–Kier alpha value is -1.55. The summed E-state index contributed by atoms with van der Waals surface area (Å²) in [4.78, 5) is 16.8. The molecule has 0 spiro atoms. The molecule has 0 aromatic heterocycles. The lowest BCUT2D eigenvalue weighted by Crippen LogP contribution is -2.58. The summed E-state index contributed by atoms with van der Waals surface area (Å²) in [5.74, 6) is 0.0802. The lowest BCUT2D eigenvalue weighted by atomic mass is 9.99. The minimum absolute atomic E-state index is 0.0171. The second-order valence-corrected chi connectivity index (χ2v) is 6.09. The maximum atomic E-state index is 12.6. The lowest BCUT2D eigenvalue weighted by Gasteiger charge is -2.45. The summed E-state index contributed by atoms with van der Waals surface area (Å²) < 4.78 is 0. The molecule has 0 unspecified atom stereocenters. The van der Waals surface area contributed by atoms with E-state index in [1.807, 2.05) is 24.0 Å². The quantitative estimate of drug-likeness (QED) is 0.783. The van der Waals surface area contributed by atoms with Crippen molar-refractivity contribution < 1.29 is 4.79 Å². The van der Waals surface area contributed by atoms with Crippen LogP contribution in [0, 0.1) is 6.92 Å². The van der Waals surface area contributed by atoms with Crippen LogP contribution in [0.3, 0.4) is 0 Å². The average Bonchev–Trinajstić information content (AvgIpc) is 2.30. The first kappa shape index (κ1) is 13.9. The number of nitrogens with zero attached hydrogens (tertiary/aromatic N) is 2. The van der Waals surface area contributed by atoms with Gasteiger partial charge in [0.05, 0.1) is 0 Å². The molecule has 1 aromatic rings. The summed E-state index contributed by atoms with van der Waals surface area (Å²) in [5.41, 5.74) is 8.21. The Kier molecular flexibility index (Phi) is 3.54. The first-order chi connectivity index (χ1) is 8.79. The van der Waals surface area contributed by atoms with Crippen molar-refractivity contribution in [3.05, 3.63) is 29.3 Å². The van der Waals surface area contributed by atoms with Gasteiger partial charge in [0.2, 0.25) is 0 Å². The zero-order valence-electron chi connectivity index (χ0n) is 12.2. The number of likely N-dealkylation sites (N-methyl/N-ethyl adjacent to an activating group) is 1.